The molecule has 6 nitrogen and oxygen atoms in total. The predicted octanol–water partition coefficient (Wildman–Crippen LogP) is 3.22. The van der Waals surface area contributed by atoms with Gasteiger partial charge in [-0.25, -0.2) is 15.8 Å². The van der Waals surface area contributed by atoms with Gasteiger partial charge in [-0.1, -0.05) is 0 Å². The van der Waals surface area contributed by atoms with Crippen molar-refractivity contribution in [3.8, 4) is 17.4 Å². The summed E-state index contributed by atoms with van der Waals surface area (Å²) in [7, 11) is 0. The van der Waals surface area contributed by atoms with Gasteiger partial charge in [0.05, 0.1) is 4.47 Å². The number of anilines is 1. The molecule has 3 N–H and O–H groups in total. The third kappa shape index (κ3) is 4.46. The number of aromatic nitrogens is 2. The summed E-state index contributed by atoms with van der Waals surface area (Å²) in [5.74, 6) is 5.58. The van der Waals surface area contributed by atoms with Crippen LogP contribution in [-0.2, 0) is 0 Å². The smallest absolute Gasteiger partial charge is 0.439 e. The normalized spacial score (nSPS) is 11.1. The SMILES string of the molecule is NNc1cc(Oc2ccc(OC(F)(F)F)c(Br)c2)ncn1. The Labute approximate surface area is 125 Å². The summed E-state index contributed by atoms with van der Waals surface area (Å²) < 4.78 is 45.7. The zero-order chi connectivity index (χ0) is 15.5. The van der Waals surface area contributed by atoms with E-state index in [1.165, 1.54) is 24.5 Å². The van der Waals surface area contributed by atoms with E-state index in [0.717, 1.165) is 6.07 Å². The molecule has 0 aliphatic rings. The molecule has 0 atom stereocenters. The molecule has 0 saturated heterocycles. The fourth-order valence-electron chi connectivity index (χ4n) is 1.35. The lowest BCUT2D eigenvalue weighted by Crippen LogP contribution is -2.17. The minimum Gasteiger partial charge on any atom is -0.439 e. The maximum Gasteiger partial charge on any atom is 0.573 e. The summed E-state index contributed by atoms with van der Waals surface area (Å²) in [4.78, 5) is 7.63. The van der Waals surface area contributed by atoms with Crippen LogP contribution in [0.3, 0.4) is 0 Å². The van der Waals surface area contributed by atoms with Crippen LogP contribution in [0.25, 0.3) is 0 Å². The maximum atomic E-state index is 12.1. The highest BCUT2D eigenvalue weighted by Crippen LogP contribution is 2.34. The van der Waals surface area contributed by atoms with Gasteiger partial charge in [-0.15, -0.1) is 13.2 Å². The van der Waals surface area contributed by atoms with Gasteiger partial charge in [0.15, 0.2) is 0 Å². The number of hydrogen-bond donors (Lipinski definition) is 2. The molecular formula is C11H8BrF3N4O2. The van der Waals surface area contributed by atoms with E-state index in [9.17, 15) is 13.2 Å². The number of alkyl halides is 3. The van der Waals surface area contributed by atoms with Crippen molar-refractivity contribution >= 4 is 21.7 Å². The summed E-state index contributed by atoms with van der Waals surface area (Å²) in [5, 5.41) is 0. The molecule has 21 heavy (non-hydrogen) atoms. The average Bonchev–Trinajstić information content (AvgIpc) is 2.41. The molecular weight excluding hydrogens is 357 g/mol. The van der Waals surface area contributed by atoms with Gasteiger partial charge in [-0.2, -0.15) is 0 Å². The standard InChI is InChI=1S/C11H8BrF3N4O2/c12-7-3-6(1-2-8(7)21-11(13,14)15)20-10-4-9(19-16)17-5-18-10/h1-5H,16H2,(H,17,18,19). The molecule has 0 unspecified atom stereocenters. The number of nitrogens with two attached hydrogens (primary N) is 1. The van der Waals surface area contributed by atoms with Crippen LogP contribution in [-0.4, -0.2) is 16.3 Å². The molecule has 0 fully saturated rings. The summed E-state index contributed by atoms with van der Waals surface area (Å²) in [6.07, 6.45) is -3.54. The third-order valence-electron chi connectivity index (χ3n) is 2.14. The van der Waals surface area contributed by atoms with E-state index in [4.69, 9.17) is 10.6 Å². The zero-order valence-corrected chi connectivity index (χ0v) is 11.8. The van der Waals surface area contributed by atoms with Gasteiger partial charge in [0.25, 0.3) is 0 Å². The molecule has 0 spiro atoms. The quantitative estimate of drug-likeness (QED) is 0.640. The molecule has 0 aliphatic carbocycles. The number of ether oxygens (including phenoxy) is 2. The topological polar surface area (TPSA) is 82.3 Å². The first-order chi connectivity index (χ1) is 9.87. The molecule has 0 bridgehead atoms. The van der Waals surface area contributed by atoms with E-state index in [2.05, 4.69) is 36.1 Å². The highest BCUT2D eigenvalue weighted by molar-refractivity contribution is 9.10. The molecule has 2 rings (SSSR count). The van der Waals surface area contributed by atoms with Crippen molar-refractivity contribution in [3.63, 3.8) is 0 Å². The fraction of sp³-hybridized carbons (Fsp3) is 0.0909. The molecule has 0 radical (unpaired) electrons. The lowest BCUT2D eigenvalue weighted by molar-refractivity contribution is -0.274. The monoisotopic (exact) mass is 364 g/mol. The Morgan fingerprint density at radius 1 is 1.19 bits per heavy atom. The first kappa shape index (κ1) is 15.3. The van der Waals surface area contributed by atoms with Crippen molar-refractivity contribution in [1.82, 2.24) is 9.97 Å². The van der Waals surface area contributed by atoms with Gasteiger partial charge in [-0.05, 0) is 34.1 Å². The highest BCUT2D eigenvalue weighted by atomic mass is 79.9. The minimum atomic E-state index is -4.76. The Balaban J connectivity index is 2.16. The Morgan fingerprint density at radius 3 is 2.57 bits per heavy atom. The van der Waals surface area contributed by atoms with Crippen LogP contribution >= 0.6 is 15.9 Å². The molecule has 1 aromatic carbocycles. The molecule has 0 aliphatic heterocycles. The molecule has 1 aromatic heterocycles. The van der Waals surface area contributed by atoms with Crippen molar-refractivity contribution in [2.45, 2.75) is 6.36 Å². The first-order valence-electron chi connectivity index (χ1n) is 5.39. The van der Waals surface area contributed by atoms with Gasteiger partial charge in [0.2, 0.25) is 5.88 Å². The summed E-state index contributed by atoms with van der Waals surface area (Å²) in [6.45, 7) is 0. The molecule has 0 amide bonds. The van der Waals surface area contributed by atoms with E-state index in [-0.39, 0.29) is 21.9 Å². The molecule has 0 saturated carbocycles. The van der Waals surface area contributed by atoms with Crippen LogP contribution in [0.5, 0.6) is 17.4 Å². The van der Waals surface area contributed by atoms with Crippen molar-refractivity contribution in [1.29, 1.82) is 0 Å². The lowest BCUT2D eigenvalue weighted by atomic mass is 10.3. The van der Waals surface area contributed by atoms with Gasteiger partial charge in [0.1, 0.15) is 23.6 Å². The molecule has 10 heteroatoms. The van der Waals surface area contributed by atoms with Crippen LogP contribution in [0, 0.1) is 0 Å². The van der Waals surface area contributed by atoms with Crippen LogP contribution in [0.4, 0.5) is 19.0 Å². The van der Waals surface area contributed by atoms with Crippen molar-refractivity contribution < 1.29 is 22.6 Å². The molecule has 2 aromatic rings. The number of rotatable bonds is 4. The van der Waals surface area contributed by atoms with E-state index in [1.807, 2.05) is 0 Å². The van der Waals surface area contributed by atoms with Crippen LogP contribution in [0.2, 0.25) is 0 Å². The number of hydrazine groups is 1. The fourth-order valence-corrected chi connectivity index (χ4v) is 1.79. The largest absolute Gasteiger partial charge is 0.573 e. The third-order valence-corrected chi connectivity index (χ3v) is 2.76. The first-order valence-corrected chi connectivity index (χ1v) is 6.18. The van der Waals surface area contributed by atoms with Gasteiger partial charge < -0.3 is 14.9 Å². The Hall–Kier alpha value is -2.07. The number of halogens is 4. The highest BCUT2D eigenvalue weighted by Gasteiger charge is 2.32. The van der Waals surface area contributed by atoms with E-state index in [0.29, 0.717) is 5.82 Å². The summed E-state index contributed by atoms with van der Waals surface area (Å²) in [6, 6.07) is 5.17. The Bertz CT molecular complexity index is 639. The average molecular weight is 365 g/mol. The number of benzene rings is 1. The number of hydrogen-bond acceptors (Lipinski definition) is 6. The number of nitrogen functional groups attached to an aromatic ring is 1. The lowest BCUT2D eigenvalue weighted by Gasteiger charge is -2.12. The van der Waals surface area contributed by atoms with Crippen molar-refractivity contribution in [2.75, 3.05) is 5.43 Å². The number of nitrogens with one attached hydrogen (secondary N) is 1. The second kappa shape index (κ2) is 6.14. The van der Waals surface area contributed by atoms with Crippen LogP contribution < -0.4 is 20.7 Å². The van der Waals surface area contributed by atoms with Crippen LogP contribution in [0.1, 0.15) is 0 Å². The molecule has 112 valence electrons. The van der Waals surface area contributed by atoms with Crippen LogP contribution in [0.15, 0.2) is 35.1 Å². The summed E-state index contributed by atoms with van der Waals surface area (Å²) >= 11 is 2.97. The Morgan fingerprint density at radius 2 is 1.95 bits per heavy atom. The van der Waals surface area contributed by atoms with Crippen molar-refractivity contribution in [3.05, 3.63) is 35.1 Å². The summed E-state index contributed by atoms with van der Waals surface area (Å²) in [5.41, 5.74) is 2.31. The van der Waals surface area contributed by atoms with E-state index < -0.39 is 6.36 Å². The van der Waals surface area contributed by atoms with Gasteiger partial charge in [0, 0.05) is 6.07 Å². The van der Waals surface area contributed by atoms with E-state index >= 15 is 0 Å². The van der Waals surface area contributed by atoms with E-state index in [1.54, 1.807) is 0 Å². The zero-order valence-electron chi connectivity index (χ0n) is 10.2. The Kier molecular flexibility index (Phi) is 4.48. The second-order valence-corrected chi connectivity index (χ2v) is 4.48. The predicted molar refractivity (Wildman–Crippen MR) is 70.7 cm³/mol. The minimum absolute atomic E-state index is 0.0866. The van der Waals surface area contributed by atoms with Gasteiger partial charge >= 0.3 is 6.36 Å². The van der Waals surface area contributed by atoms with Crippen molar-refractivity contribution in [2.24, 2.45) is 5.84 Å². The second-order valence-electron chi connectivity index (χ2n) is 3.63. The maximum absolute atomic E-state index is 12.1. The number of nitrogens with zero attached hydrogens (tertiary/aromatic N) is 2. The van der Waals surface area contributed by atoms with Gasteiger partial charge in [-0.3, -0.25) is 0 Å². The molecule has 1 heterocycles.